The van der Waals surface area contributed by atoms with Crippen LogP contribution in [0.1, 0.15) is 38.9 Å². The zero-order valence-corrected chi connectivity index (χ0v) is 57.6. The molecular weight excluding hydrogens is 1280 g/mol. The zero-order chi connectivity index (χ0) is 70.1. The summed E-state index contributed by atoms with van der Waals surface area (Å²) in [6, 6.07) is 128. The van der Waals surface area contributed by atoms with Gasteiger partial charge in [0.05, 0.1) is 6.61 Å². The van der Waals surface area contributed by atoms with Gasteiger partial charge < -0.3 is 33.5 Å². The molecule has 0 unspecified atom stereocenters. The standard InChI is InChI=1S/C97H76O7/c98-62-69-49-92(103-67-74-51-94(99-63-70-41-84(76-25-9-1-10-26-76)55-85(42-70)77-27-11-2-12-28-77)60-95(52-74)100-64-71-43-86(78-29-13-3-14-30-78)56-87(44-71)79-31-15-4-16-32-79)59-93(50-69)104-68-75-53-96(101-65-72-45-88(80-33-17-5-18-34-80)57-89(46-72)81-35-19-6-20-36-81)61-97(54-75)102-66-73-47-90(82-37-21-7-22-38-82)58-91(48-73)83-39-23-8-24-40-83/h1-61,98H,62-68H2. The van der Waals surface area contributed by atoms with Crippen molar-refractivity contribution in [2.45, 2.75) is 46.2 Å². The van der Waals surface area contributed by atoms with Gasteiger partial charge in [0.15, 0.2) is 0 Å². The number of rotatable bonds is 27. The third-order valence-corrected chi connectivity index (χ3v) is 18.3. The second kappa shape index (κ2) is 32.6. The summed E-state index contributed by atoms with van der Waals surface area (Å²) in [7, 11) is 0. The van der Waals surface area contributed by atoms with Crippen LogP contribution in [0.4, 0.5) is 0 Å². The van der Waals surface area contributed by atoms with E-state index in [4.69, 9.17) is 28.4 Å². The molecule has 0 aromatic heterocycles. The van der Waals surface area contributed by atoms with Crippen LogP contribution in [0.2, 0.25) is 0 Å². The van der Waals surface area contributed by atoms with Crippen LogP contribution in [-0.2, 0) is 46.2 Å². The molecule has 104 heavy (non-hydrogen) atoms. The van der Waals surface area contributed by atoms with E-state index in [0.29, 0.717) is 66.5 Å². The molecule has 0 aliphatic carbocycles. The van der Waals surface area contributed by atoms with Gasteiger partial charge in [-0.25, -0.2) is 0 Å². The predicted molar refractivity (Wildman–Crippen MR) is 420 cm³/mol. The second-order valence-electron chi connectivity index (χ2n) is 25.9. The summed E-state index contributed by atoms with van der Waals surface area (Å²) in [6.45, 7) is 1.23. The molecular formula is C97H76O7. The van der Waals surface area contributed by atoms with Crippen LogP contribution in [0.3, 0.4) is 0 Å². The van der Waals surface area contributed by atoms with Crippen molar-refractivity contribution in [1.29, 1.82) is 0 Å². The fourth-order valence-electron chi connectivity index (χ4n) is 13.1. The molecule has 0 saturated carbocycles. The minimum atomic E-state index is -0.236. The lowest BCUT2D eigenvalue weighted by Crippen LogP contribution is -2.03. The van der Waals surface area contributed by atoms with Crippen LogP contribution >= 0.6 is 0 Å². The largest absolute Gasteiger partial charge is 0.489 e. The first kappa shape index (κ1) is 66.9. The smallest absolute Gasteiger partial charge is 0.123 e. The van der Waals surface area contributed by atoms with Gasteiger partial charge >= 0.3 is 0 Å². The van der Waals surface area contributed by atoms with Crippen molar-refractivity contribution in [3.05, 3.63) is 409 Å². The highest BCUT2D eigenvalue weighted by atomic mass is 16.5. The van der Waals surface area contributed by atoms with Gasteiger partial charge in [0.1, 0.15) is 74.1 Å². The Morgan fingerprint density at radius 3 is 0.442 bits per heavy atom. The van der Waals surface area contributed by atoms with E-state index >= 15 is 0 Å². The summed E-state index contributed by atoms with van der Waals surface area (Å²) < 4.78 is 40.7. The molecule has 0 bridgehead atoms. The van der Waals surface area contributed by atoms with E-state index in [1.807, 2.05) is 103 Å². The van der Waals surface area contributed by atoms with Crippen LogP contribution in [0.15, 0.2) is 370 Å². The molecule has 0 atom stereocenters. The molecule has 15 rings (SSSR count). The van der Waals surface area contributed by atoms with Gasteiger partial charge in [-0.2, -0.15) is 0 Å². The fourth-order valence-corrected chi connectivity index (χ4v) is 13.1. The van der Waals surface area contributed by atoms with Crippen molar-refractivity contribution in [3.63, 3.8) is 0 Å². The average Bonchev–Trinajstić information content (AvgIpc) is 0.831. The lowest BCUT2D eigenvalue weighted by molar-refractivity contribution is 0.267. The molecule has 15 aromatic carbocycles. The Labute approximate surface area is 608 Å². The van der Waals surface area contributed by atoms with E-state index in [1.54, 1.807) is 0 Å². The Kier molecular flexibility index (Phi) is 21.0. The van der Waals surface area contributed by atoms with E-state index < -0.39 is 0 Å². The summed E-state index contributed by atoms with van der Waals surface area (Å²) in [5.74, 6) is 3.50. The highest BCUT2D eigenvalue weighted by Crippen LogP contribution is 2.37. The van der Waals surface area contributed by atoms with Crippen LogP contribution in [0.25, 0.3) is 89.0 Å². The molecule has 0 radical (unpaired) electrons. The Morgan fingerprint density at radius 1 is 0.144 bits per heavy atom. The first-order valence-corrected chi connectivity index (χ1v) is 35.2. The summed E-state index contributed by atoms with van der Waals surface area (Å²) >= 11 is 0. The molecule has 0 amide bonds. The summed E-state index contributed by atoms with van der Waals surface area (Å²) in [5.41, 5.74) is 24.1. The molecule has 0 spiro atoms. The molecule has 0 aliphatic heterocycles. The molecule has 0 heterocycles. The number of ether oxygens (including phenoxy) is 6. The number of hydrogen-bond acceptors (Lipinski definition) is 7. The minimum absolute atomic E-state index is 0.146. The minimum Gasteiger partial charge on any atom is -0.489 e. The number of hydrogen-bond donors (Lipinski definition) is 1. The molecule has 15 aromatic rings. The Bertz CT molecular complexity index is 4470. The zero-order valence-electron chi connectivity index (χ0n) is 57.6. The van der Waals surface area contributed by atoms with Crippen molar-refractivity contribution in [2.75, 3.05) is 0 Å². The van der Waals surface area contributed by atoms with Crippen LogP contribution in [-0.4, -0.2) is 5.11 Å². The quantitative estimate of drug-likeness (QED) is 0.0550. The molecule has 0 aliphatic rings. The fraction of sp³-hybridized carbons (Fsp3) is 0.0722. The molecule has 7 nitrogen and oxygen atoms in total. The first-order valence-electron chi connectivity index (χ1n) is 35.2. The van der Waals surface area contributed by atoms with Crippen LogP contribution in [0.5, 0.6) is 34.5 Å². The van der Waals surface area contributed by atoms with Gasteiger partial charge in [0.25, 0.3) is 0 Å². The third-order valence-electron chi connectivity index (χ3n) is 18.3. The Hall–Kier alpha value is -12.9. The van der Waals surface area contributed by atoms with Crippen molar-refractivity contribution in [1.82, 2.24) is 0 Å². The van der Waals surface area contributed by atoms with E-state index in [9.17, 15) is 5.11 Å². The maximum absolute atomic E-state index is 10.8. The first-order chi connectivity index (χ1) is 51.4. The van der Waals surface area contributed by atoms with Crippen molar-refractivity contribution < 1.29 is 33.5 Å². The lowest BCUT2D eigenvalue weighted by Gasteiger charge is -2.17. The molecule has 0 fully saturated rings. The maximum atomic E-state index is 10.8. The van der Waals surface area contributed by atoms with E-state index in [0.717, 1.165) is 122 Å². The van der Waals surface area contributed by atoms with Crippen molar-refractivity contribution >= 4 is 0 Å². The third kappa shape index (κ3) is 17.4. The normalized spacial score (nSPS) is 11.0. The molecule has 1 N–H and O–H groups in total. The summed E-state index contributed by atoms with van der Waals surface area (Å²) in [5, 5.41) is 10.8. The summed E-state index contributed by atoms with van der Waals surface area (Å²) in [6.07, 6.45) is 0. The molecule has 0 saturated heterocycles. The van der Waals surface area contributed by atoms with Gasteiger partial charge in [0, 0.05) is 18.2 Å². The monoisotopic (exact) mass is 1350 g/mol. The predicted octanol–water partition coefficient (Wildman–Crippen LogP) is 24.0. The van der Waals surface area contributed by atoms with Crippen molar-refractivity contribution in [2.24, 2.45) is 0 Å². The van der Waals surface area contributed by atoms with Gasteiger partial charge in [-0.3, -0.25) is 0 Å². The van der Waals surface area contributed by atoms with E-state index in [2.05, 4.69) is 267 Å². The van der Waals surface area contributed by atoms with E-state index in [-0.39, 0.29) is 19.8 Å². The SMILES string of the molecule is OCc1cc(OCc2cc(OCc3cc(-c4ccccc4)cc(-c4ccccc4)c3)cc(OCc3cc(-c4ccccc4)cc(-c4ccccc4)c3)c2)cc(OCc2cc(OCc3cc(-c4ccccc4)cc(-c4ccccc4)c3)cc(OCc3cc(-c4ccccc4)cc(-c4ccccc4)c3)c2)c1. The van der Waals surface area contributed by atoms with Crippen LogP contribution in [0, 0.1) is 0 Å². The second-order valence-corrected chi connectivity index (χ2v) is 25.9. The highest BCUT2D eigenvalue weighted by molar-refractivity contribution is 5.78. The highest BCUT2D eigenvalue weighted by Gasteiger charge is 2.16. The molecule has 7 heteroatoms. The maximum Gasteiger partial charge on any atom is 0.123 e. The Balaban J connectivity index is 0.715. The number of aliphatic hydroxyl groups is 1. The van der Waals surface area contributed by atoms with Gasteiger partial charge in [-0.05, 0) is 237 Å². The van der Waals surface area contributed by atoms with Gasteiger partial charge in [-0.15, -0.1) is 0 Å². The van der Waals surface area contributed by atoms with Crippen molar-refractivity contribution in [3.8, 4) is 124 Å². The molecule has 506 valence electrons. The summed E-state index contributed by atoms with van der Waals surface area (Å²) in [4.78, 5) is 0. The number of aliphatic hydroxyl groups excluding tert-OH is 1. The lowest BCUT2D eigenvalue weighted by atomic mass is 9.96. The van der Waals surface area contributed by atoms with E-state index in [1.165, 1.54) is 0 Å². The topological polar surface area (TPSA) is 75.6 Å². The van der Waals surface area contributed by atoms with Gasteiger partial charge in [0.2, 0.25) is 0 Å². The van der Waals surface area contributed by atoms with Gasteiger partial charge in [-0.1, -0.05) is 243 Å². The average molecular weight is 1350 g/mol. The Morgan fingerprint density at radius 2 is 0.288 bits per heavy atom. The van der Waals surface area contributed by atoms with Crippen LogP contribution < -0.4 is 28.4 Å². The number of benzene rings is 15.